The van der Waals surface area contributed by atoms with Gasteiger partial charge in [-0.05, 0) is 30.7 Å². The second-order valence-corrected chi connectivity index (χ2v) is 5.72. The number of Topliss-reactive ketones (excluding diaryl/α,β-unsaturated/α-hetero) is 1. The molecule has 0 spiro atoms. The first-order chi connectivity index (χ1) is 8.29. The lowest BCUT2D eigenvalue weighted by molar-refractivity contribution is 0.0974. The van der Waals surface area contributed by atoms with Crippen molar-refractivity contribution >= 4 is 17.5 Å². The number of benzene rings is 1. The third kappa shape index (κ3) is 3.60. The summed E-state index contributed by atoms with van der Waals surface area (Å²) in [7, 11) is 0. The van der Waals surface area contributed by atoms with Gasteiger partial charge in [0, 0.05) is 16.9 Å². The zero-order chi connectivity index (χ0) is 12.1. The fourth-order valence-electron chi connectivity index (χ4n) is 2.56. The van der Waals surface area contributed by atoms with E-state index >= 15 is 0 Å². The largest absolute Gasteiger partial charge is 0.294 e. The van der Waals surface area contributed by atoms with E-state index in [1.54, 1.807) is 11.8 Å². The molecule has 1 aromatic rings. The van der Waals surface area contributed by atoms with Crippen LogP contribution >= 0.6 is 11.8 Å². The lowest BCUT2D eigenvalue weighted by Crippen LogP contribution is -2.02. The van der Waals surface area contributed by atoms with Gasteiger partial charge in [-0.3, -0.25) is 4.79 Å². The lowest BCUT2D eigenvalue weighted by atomic mass is 9.97. The first kappa shape index (κ1) is 12.7. The van der Waals surface area contributed by atoms with Crippen molar-refractivity contribution in [1.29, 1.82) is 0 Å². The highest BCUT2D eigenvalue weighted by molar-refractivity contribution is 7.98. The van der Waals surface area contributed by atoms with E-state index in [0.717, 1.165) is 24.3 Å². The molecule has 0 aromatic heterocycles. The van der Waals surface area contributed by atoms with Crippen molar-refractivity contribution in [3.05, 3.63) is 29.8 Å². The number of ketones is 1. The minimum Gasteiger partial charge on any atom is -0.294 e. The van der Waals surface area contributed by atoms with Gasteiger partial charge in [-0.1, -0.05) is 37.8 Å². The van der Waals surface area contributed by atoms with Crippen LogP contribution in [0.15, 0.2) is 29.2 Å². The third-order valence-corrected chi connectivity index (χ3v) is 4.41. The highest BCUT2D eigenvalue weighted by Gasteiger charge is 2.16. The molecule has 0 N–H and O–H groups in total. The first-order valence-electron chi connectivity index (χ1n) is 6.47. The van der Waals surface area contributed by atoms with Crippen molar-refractivity contribution in [2.45, 2.75) is 43.4 Å². The summed E-state index contributed by atoms with van der Waals surface area (Å²) in [5, 5.41) is 0. The van der Waals surface area contributed by atoms with E-state index in [2.05, 4.69) is 6.26 Å². The van der Waals surface area contributed by atoms with Crippen molar-refractivity contribution in [3.63, 3.8) is 0 Å². The molecule has 0 amide bonds. The fourth-order valence-corrected chi connectivity index (χ4v) is 2.96. The van der Waals surface area contributed by atoms with Crippen LogP contribution in [-0.4, -0.2) is 12.0 Å². The lowest BCUT2D eigenvalue weighted by Gasteiger charge is -2.07. The fraction of sp³-hybridized carbons (Fsp3) is 0.533. The molecule has 1 aliphatic rings. The minimum atomic E-state index is 0.310. The SMILES string of the molecule is CSc1ccc(C(=O)CCC2CCCC2)cc1. The van der Waals surface area contributed by atoms with Crippen LogP contribution in [-0.2, 0) is 0 Å². The van der Waals surface area contributed by atoms with Crippen molar-refractivity contribution in [2.75, 3.05) is 6.26 Å². The van der Waals surface area contributed by atoms with E-state index in [1.165, 1.54) is 30.6 Å². The van der Waals surface area contributed by atoms with E-state index in [9.17, 15) is 4.79 Å². The van der Waals surface area contributed by atoms with E-state index < -0.39 is 0 Å². The van der Waals surface area contributed by atoms with Crippen molar-refractivity contribution in [2.24, 2.45) is 5.92 Å². The van der Waals surface area contributed by atoms with Gasteiger partial charge in [-0.15, -0.1) is 11.8 Å². The number of hydrogen-bond donors (Lipinski definition) is 0. The van der Waals surface area contributed by atoms with Gasteiger partial charge in [0.1, 0.15) is 0 Å². The molecule has 17 heavy (non-hydrogen) atoms. The zero-order valence-corrected chi connectivity index (χ0v) is 11.3. The second-order valence-electron chi connectivity index (χ2n) is 4.84. The van der Waals surface area contributed by atoms with Gasteiger partial charge in [0.2, 0.25) is 0 Å². The molecule has 1 aromatic carbocycles. The molecule has 0 heterocycles. The molecule has 0 unspecified atom stereocenters. The van der Waals surface area contributed by atoms with E-state index in [1.807, 2.05) is 24.3 Å². The molecule has 0 atom stereocenters. The van der Waals surface area contributed by atoms with Crippen molar-refractivity contribution in [3.8, 4) is 0 Å². The van der Waals surface area contributed by atoms with Gasteiger partial charge in [0.15, 0.2) is 5.78 Å². The standard InChI is InChI=1S/C15H20OS/c1-17-14-9-7-13(8-10-14)15(16)11-6-12-4-2-3-5-12/h7-10,12H,2-6,11H2,1H3. The van der Waals surface area contributed by atoms with Gasteiger partial charge >= 0.3 is 0 Å². The molecule has 0 saturated heterocycles. The summed E-state index contributed by atoms with van der Waals surface area (Å²) in [6.07, 6.45) is 9.25. The molecular formula is C15H20OS. The molecule has 92 valence electrons. The van der Waals surface area contributed by atoms with Gasteiger partial charge < -0.3 is 0 Å². The molecule has 0 bridgehead atoms. The third-order valence-electron chi connectivity index (χ3n) is 3.67. The van der Waals surface area contributed by atoms with E-state index in [4.69, 9.17) is 0 Å². The maximum Gasteiger partial charge on any atom is 0.162 e. The van der Waals surface area contributed by atoms with Crippen molar-refractivity contribution in [1.82, 2.24) is 0 Å². The molecular weight excluding hydrogens is 228 g/mol. The Hall–Kier alpha value is -0.760. The monoisotopic (exact) mass is 248 g/mol. The second kappa shape index (κ2) is 6.25. The summed E-state index contributed by atoms with van der Waals surface area (Å²) in [6, 6.07) is 7.99. The number of carbonyl (C=O) groups is 1. The van der Waals surface area contributed by atoms with Crippen molar-refractivity contribution < 1.29 is 4.79 Å². The summed E-state index contributed by atoms with van der Waals surface area (Å²) in [6.45, 7) is 0. The Labute approximate surface area is 108 Å². The van der Waals surface area contributed by atoms with Crippen LogP contribution in [0.4, 0.5) is 0 Å². The molecule has 0 aliphatic heterocycles. The molecule has 2 heteroatoms. The minimum absolute atomic E-state index is 0.310. The van der Waals surface area contributed by atoms with Gasteiger partial charge in [-0.25, -0.2) is 0 Å². The molecule has 1 saturated carbocycles. The highest BCUT2D eigenvalue weighted by Crippen LogP contribution is 2.29. The predicted molar refractivity (Wildman–Crippen MR) is 73.7 cm³/mol. The average Bonchev–Trinajstić information content (AvgIpc) is 2.89. The number of carbonyl (C=O) groups excluding carboxylic acids is 1. The average molecular weight is 248 g/mol. The Morgan fingerprint density at radius 2 is 1.88 bits per heavy atom. The zero-order valence-electron chi connectivity index (χ0n) is 10.4. The Bertz CT molecular complexity index is 363. The Morgan fingerprint density at radius 3 is 2.47 bits per heavy atom. The van der Waals surface area contributed by atoms with Crippen LogP contribution < -0.4 is 0 Å². The predicted octanol–water partition coefficient (Wildman–Crippen LogP) is 4.56. The first-order valence-corrected chi connectivity index (χ1v) is 7.69. The molecule has 1 fully saturated rings. The summed E-state index contributed by atoms with van der Waals surface area (Å²) in [5.41, 5.74) is 0.876. The van der Waals surface area contributed by atoms with E-state index in [0.29, 0.717) is 5.78 Å². The maximum atomic E-state index is 12.0. The summed E-state index contributed by atoms with van der Waals surface area (Å²) < 4.78 is 0. The van der Waals surface area contributed by atoms with Gasteiger partial charge in [0.25, 0.3) is 0 Å². The maximum absolute atomic E-state index is 12.0. The Balaban J connectivity index is 1.85. The van der Waals surface area contributed by atoms with Crippen LogP contribution in [0.5, 0.6) is 0 Å². The highest BCUT2D eigenvalue weighted by atomic mass is 32.2. The van der Waals surface area contributed by atoms with Crippen LogP contribution in [0.2, 0.25) is 0 Å². The quantitative estimate of drug-likeness (QED) is 0.561. The normalized spacial score (nSPS) is 16.3. The summed E-state index contributed by atoms with van der Waals surface area (Å²) >= 11 is 1.71. The summed E-state index contributed by atoms with van der Waals surface area (Å²) in [4.78, 5) is 13.2. The molecule has 1 aliphatic carbocycles. The van der Waals surface area contributed by atoms with Crippen LogP contribution in [0.25, 0.3) is 0 Å². The number of thioether (sulfide) groups is 1. The van der Waals surface area contributed by atoms with Gasteiger partial charge in [-0.2, -0.15) is 0 Å². The Kier molecular flexibility index (Phi) is 4.66. The molecule has 1 nitrogen and oxygen atoms in total. The number of hydrogen-bond acceptors (Lipinski definition) is 2. The van der Waals surface area contributed by atoms with E-state index in [-0.39, 0.29) is 0 Å². The number of rotatable bonds is 5. The molecule has 0 radical (unpaired) electrons. The van der Waals surface area contributed by atoms with Crippen LogP contribution in [0.1, 0.15) is 48.9 Å². The topological polar surface area (TPSA) is 17.1 Å². The smallest absolute Gasteiger partial charge is 0.162 e. The Morgan fingerprint density at radius 1 is 1.24 bits per heavy atom. The van der Waals surface area contributed by atoms with Crippen LogP contribution in [0, 0.1) is 5.92 Å². The summed E-state index contributed by atoms with van der Waals surface area (Å²) in [5.74, 6) is 1.12. The van der Waals surface area contributed by atoms with Crippen LogP contribution in [0.3, 0.4) is 0 Å². The van der Waals surface area contributed by atoms with Gasteiger partial charge in [0.05, 0.1) is 0 Å². The molecule has 2 rings (SSSR count).